The molecule has 0 aromatic heterocycles. The van der Waals surface area contributed by atoms with Crippen LogP contribution in [0.2, 0.25) is 0 Å². The van der Waals surface area contributed by atoms with Gasteiger partial charge in [-0.05, 0) is 24.3 Å². The Morgan fingerprint density at radius 3 is 2.36 bits per heavy atom. The summed E-state index contributed by atoms with van der Waals surface area (Å²) in [6.45, 7) is 0. The number of hydrogen-bond acceptors (Lipinski definition) is 6. The third-order valence-electron chi connectivity index (χ3n) is 2.28. The lowest BCUT2D eigenvalue weighted by Crippen LogP contribution is -2.21. The van der Waals surface area contributed by atoms with Gasteiger partial charge in [-0.25, -0.2) is 9.18 Å². The average Bonchev–Trinajstić information content (AvgIpc) is 2.46. The summed E-state index contributed by atoms with van der Waals surface area (Å²) in [7, 11) is -4.13. The van der Waals surface area contributed by atoms with Crippen molar-refractivity contribution in [2.75, 3.05) is 5.94 Å². The molecular weight excluding hydrogens is 315 g/mol. The van der Waals surface area contributed by atoms with Crippen LogP contribution in [0.4, 0.5) is 9.18 Å². The van der Waals surface area contributed by atoms with E-state index in [0.29, 0.717) is 0 Å². The Labute approximate surface area is 126 Å². The molecule has 0 bridgehead atoms. The Morgan fingerprint density at radius 2 is 1.68 bits per heavy atom. The van der Waals surface area contributed by atoms with Crippen molar-refractivity contribution >= 4 is 16.3 Å². The zero-order valence-electron chi connectivity index (χ0n) is 11.1. The molecule has 8 heteroatoms. The molecule has 0 heterocycles. The summed E-state index contributed by atoms with van der Waals surface area (Å²) in [5.41, 5.74) is 0. The molecular formula is C14H11FO6S. The molecule has 116 valence electrons. The largest absolute Gasteiger partial charge is 0.515 e. The van der Waals surface area contributed by atoms with Crippen molar-refractivity contribution < 1.29 is 31.3 Å². The topological polar surface area (TPSA) is 78.9 Å². The summed E-state index contributed by atoms with van der Waals surface area (Å²) in [4.78, 5) is 11.3. The highest BCUT2D eigenvalue weighted by atomic mass is 32.2. The third kappa shape index (κ3) is 5.06. The molecule has 0 atom stereocenters. The number of carbonyl (C=O) groups is 1. The van der Waals surface area contributed by atoms with Crippen LogP contribution in [0.5, 0.6) is 11.5 Å². The second-order valence-electron chi connectivity index (χ2n) is 4.03. The van der Waals surface area contributed by atoms with Crippen LogP contribution in [0.15, 0.2) is 54.6 Å². The molecule has 2 aromatic carbocycles. The molecule has 22 heavy (non-hydrogen) atoms. The monoisotopic (exact) mass is 326 g/mol. The lowest BCUT2D eigenvalue weighted by Gasteiger charge is -2.08. The van der Waals surface area contributed by atoms with Gasteiger partial charge in [0.25, 0.3) is 0 Å². The maximum Gasteiger partial charge on any atom is 0.515 e. The van der Waals surface area contributed by atoms with Crippen molar-refractivity contribution in [3.8, 4) is 11.5 Å². The summed E-state index contributed by atoms with van der Waals surface area (Å²) < 4.78 is 49.8. The highest BCUT2D eigenvalue weighted by Gasteiger charge is 2.17. The predicted octanol–water partition coefficient (Wildman–Crippen LogP) is 2.71. The van der Waals surface area contributed by atoms with Gasteiger partial charge in [0.15, 0.2) is 0 Å². The fourth-order valence-electron chi connectivity index (χ4n) is 1.42. The van der Waals surface area contributed by atoms with Crippen molar-refractivity contribution in [3.63, 3.8) is 0 Å². The Kier molecular flexibility index (Phi) is 4.95. The van der Waals surface area contributed by atoms with Crippen LogP contribution >= 0.6 is 0 Å². The van der Waals surface area contributed by atoms with Crippen molar-refractivity contribution in [2.45, 2.75) is 0 Å². The van der Waals surface area contributed by atoms with E-state index in [-0.39, 0.29) is 11.5 Å². The van der Waals surface area contributed by atoms with Crippen LogP contribution in [0.1, 0.15) is 0 Å². The second-order valence-corrected chi connectivity index (χ2v) is 5.54. The summed E-state index contributed by atoms with van der Waals surface area (Å²) in [5, 5.41) is 0. The maximum absolute atomic E-state index is 12.9. The Balaban J connectivity index is 1.87. The number of halogens is 1. The molecule has 0 aliphatic carbocycles. The SMILES string of the molecule is O=C(OCS(=O)(=O)Oc1ccccc1)Oc1cccc(F)c1. The molecule has 0 N–H and O–H groups in total. The van der Waals surface area contributed by atoms with Gasteiger partial charge in [-0.3, -0.25) is 0 Å². The smallest absolute Gasteiger partial charge is 0.414 e. The molecule has 2 aromatic rings. The molecule has 6 nitrogen and oxygen atoms in total. The van der Waals surface area contributed by atoms with Crippen molar-refractivity contribution in [1.82, 2.24) is 0 Å². The van der Waals surface area contributed by atoms with Crippen LogP contribution < -0.4 is 8.92 Å². The van der Waals surface area contributed by atoms with E-state index >= 15 is 0 Å². The molecule has 0 saturated carbocycles. The van der Waals surface area contributed by atoms with Gasteiger partial charge in [0.05, 0.1) is 0 Å². The van der Waals surface area contributed by atoms with E-state index in [2.05, 4.69) is 9.47 Å². The Hall–Kier alpha value is -2.61. The average molecular weight is 326 g/mol. The van der Waals surface area contributed by atoms with Crippen LogP contribution in [-0.2, 0) is 14.9 Å². The summed E-state index contributed by atoms with van der Waals surface area (Å²) >= 11 is 0. The molecule has 0 saturated heterocycles. The highest BCUT2D eigenvalue weighted by Crippen LogP contribution is 2.14. The zero-order chi connectivity index (χ0) is 16.0. The Bertz CT molecular complexity index is 745. The van der Waals surface area contributed by atoms with E-state index in [4.69, 9.17) is 4.18 Å². The van der Waals surface area contributed by atoms with Gasteiger partial charge in [0.2, 0.25) is 5.94 Å². The normalized spacial score (nSPS) is 10.8. The first-order valence-corrected chi connectivity index (χ1v) is 7.60. The quantitative estimate of drug-likeness (QED) is 0.477. The second kappa shape index (κ2) is 6.90. The van der Waals surface area contributed by atoms with Gasteiger partial charge >= 0.3 is 16.3 Å². The fourth-order valence-corrected chi connectivity index (χ4v) is 2.12. The van der Waals surface area contributed by atoms with Crippen LogP contribution in [0.3, 0.4) is 0 Å². The minimum absolute atomic E-state index is 0.0876. The number of ether oxygens (including phenoxy) is 2. The number of carbonyl (C=O) groups excluding carboxylic acids is 1. The standard InChI is InChI=1S/C14H11FO6S/c15-11-5-4-8-13(9-11)20-14(16)19-10-22(17,18)21-12-6-2-1-3-7-12/h1-9H,10H2. The summed E-state index contributed by atoms with van der Waals surface area (Å²) in [5.74, 6) is -1.66. The van der Waals surface area contributed by atoms with Gasteiger partial charge in [-0.2, -0.15) is 8.42 Å². The van der Waals surface area contributed by atoms with Crippen LogP contribution in [0.25, 0.3) is 0 Å². The molecule has 0 spiro atoms. The summed E-state index contributed by atoms with van der Waals surface area (Å²) in [6.07, 6.45) is -1.29. The summed E-state index contributed by atoms with van der Waals surface area (Å²) in [6, 6.07) is 12.5. The van der Waals surface area contributed by atoms with Gasteiger partial charge in [0.1, 0.15) is 17.3 Å². The number of para-hydroxylation sites is 1. The van der Waals surface area contributed by atoms with Gasteiger partial charge < -0.3 is 13.7 Å². The van der Waals surface area contributed by atoms with Crippen LogP contribution in [-0.4, -0.2) is 20.5 Å². The van der Waals surface area contributed by atoms with Gasteiger partial charge in [-0.15, -0.1) is 0 Å². The molecule has 0 aliphatic heterocycles. The van der Waals surface area contributed by atoms with Crippen molar-refractivity contribution in [1.29, 1.82) is 0 Å². The lowest BCUT2D eigenvalue weighted by atomic mass is 10.3. The van der Waals surface area contributed by atoms with E-state index in [9.17, 15) is 17.6 Å². The molecule has 0 unspecified atom stereocenters. The van der Waals surface area contributed by atoms with E-state index in [1.807, 2.05) is 0 Å². The number of benzene rings is 2. The molecule has 0 fully saturated rings. The fraction of sp³-hybridized carbons (Fsp3) is 0.0714. The Morgan fingerprint density at radius 1 is 1.00 bits per heavy atom. The minimum atomic E-state index is -4.13. The van der Waals surface area contributed by atoms with Gasteiger partial charge in [0, 0.05) is 6.07 Å². The van der Waals surface area contributed by atoms with Gasteiger partial charge in [-0.1, -0.05) is 24.3 Å². The first-order valence-electron chi connectivity index (χ1n) is 6.02. The molecule has 0 radical (unpaired) electrons. The molecule has 2 rings (SSSR count). The van der Waals surface area contributed by atoms with Crippen LogP contribution in [0, 0.1) is 5.82 Å². The van der Waals surface area contributed by atoms with Crippen molar-refractivity contribution in [2.24, 2.45) is 0 Å². The van der Waals surface area contributed by atoms with E-state index in [1.54, 1.807) is 18.2 Å². The molecule has 0 aliphatic rings. The zero-order valence-corrected chi connectivity index (χ0v) is 12.0. The molecule has 0 amide bonds. The lowest BCUT2D eigenvalue weighted by molar-refractivity contribution is 0.113. The van der Waals surface area contributed by atoms with E-state index in [0.717, 1.165) is 12.1 Å². The van der Waals surface area contributed by atoms with E-state index in [1.165, 1.54) is 24.3 Å². The third-order valence-corrected chi connectivity index (χ3v) is 3.14. The van der Waals surface area contributed by atoms with E-state index < -0.39 is 28.0 Å². The highest BCUT2D eigenvalue weighted by molar-refractivity contribution is 7.86. The first kappa shape index (κ1) is 15.8. The minimum Gasteiger partial charge on any atom is -0.414 e. The first-order chi connectivity index (χ1) is 10.4. The maximum atomic E-state index is 12.9. The number of rotatable bonds is 5. The number of hydrogen-bond donors (Lipinski definition) is 0. The predicted molar refractivity (Wildman–Crippen MR) is 74.4 cm³/mol. The van der Waals surface area contributed by atoms with Crippen molar-refractivity contribution in [3.05, 3.63) is 60.4 Å².